The fraction of sp³-hybridized carbons (Fsp3) is 0.286. The highest BCUT2D eigenvalue weighted by Crippen LogP contribution is 2.14. The van der Waals surface area contributed by atoms with Crippen molar-refractivity contribution in [1.29, 1.82) is 0 Å². The molecule has 0 radical (unpaired) electrons. The molecule has 0 aliphatic rings. The topological polar surface area (TPSA) is 139 Å². The van der Waals surface area contributed by atoms with Gasteiger partial charge in [-0.05, 0) is 18.1 Å². The molecular weight excluding hydrogens is 390 g/mol. The molecule has 0 heterocycles. The van der Waals surface area contributed by atoms with Crippen LogP contribution in [0.2, 0.25) is 0 Å². The third-order valence-corrected chi connectivity index (χ3v) is 4.48. The fourth-order valence-electron chi connectivity index (χ4n) is 2.82. The molecule has 9 heteroatoms. The van der Waals surface area contributed by atoms with Gasteiger partial charge in [0.15, 0.2) is 0 Å². The summed E-state index contributed by atoms with van der Waals surface area (Å²) in [6.45, 7) is 1.83. The minimum absolute atomic E-state index is 0.0314. The molecule has 0 unspecified atom stereocenters. The highest BCUT2D eigenvalue weighted by molar-refractivity contribution is 5.87. The molecule has 2 aromatic rings. The first-order chi connectivity index (χ1) is 14.3. The standard InChI is InChI=1S/C21H23N3O6/c1-14(16-5-3-2-4-6-16)22-19(25)11-12-20(26)23-18(21(27)28)13-15-7-9-17(10-8-15)24(29)30/h2-10,14,18H,11-13H2,1H3,(H,22,25)(H,23,26)(H,27,28)/t14-,18-/m1/s1. The highest BCUT2D eigenvalue weighted by atomic mass is 16.6. The van der Waals surface area contributed by atoms with Crippen molar-refractivity contribution in [2.45, 2.75) is 38.3 Å². The molecule has 0 spiro atoms. The molecule has 2 amide bonds. The molecule has 3 N–H and O–H groups in total. The Morgan fingerprint density at radius 2 is 1.53 bits per heavy atom. The van der Waals surface area contributed by atoms with Crippen LogP contribution in [-0.2, 0) is 20.8 Å². The van der Waals surface area contributed by atoms with Gasteiger partial charge in [-0.2, -0.15) is 0 Å². The van der Waals surface area contributed by atoms with Crippen LogP contribution in [-0.4, -0.2) is 33.9 Å². The Hall–Kier alpha value is -3.75. The second-order valence-electron chi connectivity index (χ2n) is 6.79. The van der Waals surface area contributed by atoms with Gasteiger partial charge in [-0.15, -0.1) is 0 Å². The van der Waals surface area contributed by atoms with Gasteiger partial charge in [-0.1, -0.05) is 42.5 Å². The van der Waals surface area contributed by atoms with Gasteiger partial charge < -0.3 is 15.7 Å². The number of nitrogens with one attached hydrogen (secondary N) is 2. The number of rotatable bonds is 10. The van der Waals surface area contributed by atoms with Crippen molar-refractivity contribution in [2.24, 2.45) is 0 Å². The summed E-state index contributed by atoms with van der Waals surface area (Å²) in [7, 11) is 0. The molecule has 30 heavy (non-hydrogen) atoms. The van der Waals surface area contributed by atoms with E-state index in [9.17, 15) is 29.6 Å². The molecule has 0 saturated heterocycles. The third kappa shape index (κ3) is 7.01. The molecule has 2 rings (SSSR count). The maximum atomic E-state index is 12.1. The number of carboxylic acids is 1. The molecule has 0 bridgehead atoms. The Kier molecular flexibility index (Phi) is 8.04. The minimum atomic E-state index is -1.23. The summed E-state index contributed by atoms with van der Waals surface area (Å²) < 4.78 is 0. The van der Waals surface area contributed by atoms with Gasteiger partial charge in [0, 0.05) is 31.4 Å². The van der Waals surface area contributed by atoms with E-state index >= 15 is 0 Å². The summed E-state index contributed by atoms with van der Waals surface area (Å²) in [5, 5.41) is 25.2. The summed E-state index contributed by atoms with van der Waals surface area (Å²) in [4.78, 5) is 45.8. The molecular formula is C21H23N3O6. The number of benzene rings is 2. The lowest BCUT2D eigenvalue weighted by molar-refractivity contribution is -0.384. The van der Waals surface area contributed by atoms with Crippen LogP contribution in [0.5, 0.6) is 0 Å². The maximum absolute atomic E-state index is 12.1. The number of amides is 2. The number of nitrogens with zero attached hydrogens (tertiary/aromatic N) is 1. The summed E-state index contributed by atoms with van der Waals surface area (Å²) in [6.07, 6.45) is -0.263. The van der Waals surface area contributed by atoms with E-state index in [-0.39, 0.29) is 36.9 Å². The average Bonchev–Trinajstić information content (AvgIpc) is 2.72. The number of hydrogen-bond donors (Lipinski definition) is 3. The molecule has 0 aliphatic carbocycles. The lowest BCUT2D eigenvalue weighted by atomic mass is 10.1. The summed E-state index contributed by atoms with van der Waals surface area (Å²) >= 11 is 0. The van der Waals surface area contributed by atoms with E-state index in [4.69, 9.17) is 0 Å². The van der Waals surface area contributed by atoms with Crippen LogP contribution in [0.1, 0.15) is 36.9 Å². The first-order valence-electron chi connectivity index (χ1n) is 9.36. The van der Waals surface area contributed by atoms with Crippen molar-refractivity contribution in [3.63, 3.8) is 0 Å². The molecule has 2 atom stereocenters. The summed E-state index contributed by atoms with van der Waals surface area (Å²) in [5.41, 5.74) is 1.36. The number of carbonyl (C=O) groups excluding carboxylic acids is 2. The number of hydrogen-bond acceptors (Lipinski definition) is 5. The summed E-state index contributed by atoms with van der Waals surface area (Å²) in [5.74, 6) is -2.11. The smallest absolute Gasteiger partial charge is 0.326 e. The predicted molar refractivity (Wildman–Crippen MR) is 109 cm³/mol. The zero-order valence-electron chi connectivity index (χ0n) is 16.4. The molecule has 0 saturated carbocycles. The van der Waals surface area contributed by atoms with Crippen molar-refractivity contribution in [1.82, 2.24) is 10.6 Å². The maximum Gasteiger partial charge on any atom is 0.326 e. The van der Waals surface area contributed by atoms with E-state index < -0.39 is 22.8 Å². The van der Waals surface area contributed by atoms with Crippen LogP contribution >= 0.6 is 0 Å². The average molecular weight is 413 g/mol. The second kappa shape index (κ2) is 10.7. The molecule has 9 nitrogen and oxygen atoms in total. The number of aliphatic carboxylic acids is 1. The van der Waals surface area contributed by atoms with Gasteiger partial charge in [0.1, 0.15) is 6.04 Å². The van der Waals surface area contributed by atoms with Gasteiger partial charge in [0.25, 0.3) is 5.69 Å². The van der Waals surface area contributed by atoms with Crippen LogP contribution in [0.3, 0.4) is 0 Å². The van der Waals surface area contributed by atoms with E-state index in [1.807, 2.05) is 37.3 Å². The molecule has 0 aliphatic heterocycles. The number of carboxylic acid groups (broad SMARTS) is 1. The Bertz CT molecular complexity index is 899. The fourth-order valence-corrected chi connectivity index (χ4v) is 2.82. The van der Waals surface area contributed by atoms with E-state index in [1.165, 1.54) is 24.3 Å². The largest absolute Gasteiger partial charge is 0.480 e. The Labute approximate surface area is 173 Å². The Morgan fingerprint density at radius 1 is 0.967 bits per heavy atom. The van der Waals surface area contributed by atoms with Gasteiger partial charge in [0.2, 0.25) is 11.8 Å². The predicted octanol–water partition coefficient (Wildman–Crippen LogP) is 2.36. The van der Waals surface area contributed by atoms with Crippen molar-refractivity contribution < 1.29 is 24.4 Å². The van der Waals surface area contributed by atoms with Crippen LogP contribution in [0.25, 0.3) is 0 Å². The highest BCUT2D eigenvalue weighted by Gasteiger charge is 2.21. The Morgan fingerprint density at radius 3 is 2.07 bits per heavy atom. The number of nitro groups is 1. The normalized spacial score (nSPS) is 12.4. The lowest BCUT2D eigenvalue weighted by Crippen LogP contribution is -2.42. The van der Waals surface area contributed by atoms with Gasteiger partial charge in [-0.25, -0.2) is 4.79 Å². The molecule has 158 valence electrons. The van der Waals surface area contributed by atoms with Crippen molar-refractivity contribution in [3.05, 3.63) is 75.8 Å². The number of nitro benzene ring substituents is 1. The second-order valence-corrected chi connectivity index (χ2v) is 6.79. The molecule has 0 aromatic heterocycles. The van der Waals surface area contributed by atoms with Crippen molar-refractivity contribution in [2.75, 3.05) is 0 Å². The lowest BCUT2D eigenvalue weighted by Gasteiger charge is -2.16. The molecule has 0 fully saturated rings. The zero-order valence-corrected chi connectivity index (χ0v) is 16.4. The number of carbonyl (C=O) groups is 3. The van der Waals surface area contributed by atoms with Crippen molar-refractivity contribution >= 4 is 23.5 Å². The quantitative estimate of drug-likeness (QED) is 0.404. The monoisotopic (exact) mass is 413 g/mol. The van der Waals surface area contributed by atoms with Gasteiger partial charge in [-0.3, -0.25) is 19.7 Å². The van der Waals surface area contributed by atoms with Crippen LogP contribution in [0, 0.1) is 10.1 Å². The van der Waals surface area contributed by atoms with Crippen LogP contribution in [0.15, 0.2) is 54.6 Å². The first kappa shape index (κ1) is 22.5. The van der Waals surface area contributed by atoms with E-state index in [0.29, 0.717) is 5.56 Å². The van der Waals surface area contributed by atoms with Crippen molar-refractivity contribution in [3.8, 4) is 0 Å². The van der Waals surface area contributed by atoms with Crippen LogP contribution in [0.4, 0.5) is 5.69 Å². The first-order valence-corrected chi connectivity index (χ1v) is 9.36. The number of non-ortho nitro benzene ring substituents is 1. The van der Waals surface area contributed by atoms with E-state index in [2.05, 4.69) is 10.6 Å². The molecule has 2 aromatic carbocycles. The van der Waals surface area contributed by atoms with E-state index in [0.717, 1.165) is 5.56 Å². The summed E-state index contributed by atoms with van der Waals surface area (Å²) in [6, 6.07) is 13.4. The zero-order chi connectivity index (χ0) is 22.1. The van der Waals surface area contributed by atoms with Gasteiger partial charge in [0.05, 0.1) is 11.0 Å². The van der Waals surface area contributed by atoms with E-state index in [1.54, 1.807) is 0 Å². The third-order valence-electron chi connectivity index (χ3n) is 4.48. The minimum Gasteiger partial charge on any atom is -0.480 e. The van der Waals surface area contributed by atoms with Gasteiger partial charge >= 0.3 is 5.97 Å². The van der Waals surface area contributed by atoms with Crippen LogP contribution < -0.4 is 10.6 Å². The Balaban J connectivity index is 1.83. The SMILES string of the molecule is C[C@@H](NC(=O)CCC(=O)N[C@H](Cc1ccc([N+](=O)[O-])cc1)C(=O)O)c1ccccc1.